The van der Waals surface area contributed by atoms with Crippen LogP contribution in [0.5, 0.6) is 5.75 Å². The molecule has 2 rings (SSSR count). The fourth-order valence-corrected chi connectivity index (χ4v) is 4.24. The number of ether oxygens (including phenoxy) is 2. The van der Waals surface area contributed by atoms with Gasteiger partial charge in [-0.05, 0) is 34.1 Å². The third-order valence-electron chi connectivity index (χ3n) is 6.38. The topological polar surface area (TPSA) is 96.4 Å². The van der Waals surface area contributed by atoms with Crippen LogP contribution in [-0.4, -0.2) is 66.2 Å². The van der Waals surface area contributed by atoms with Crippen molar-refractivity contribution < 1.29 is 29.0 Å². The molecule has 0 unspecified atom stereocenters. The van der Waals surface area contributed by atoms with Gasteiger partial charge in [0.25, 0.3) is 0 Å². The van der Waals surface area contributed by atoms with Crippen LogP contribution in [0.3, 0.4) is 0 Å². The van der Waals surface area contributed by atoms with Crippen molar-refractivity contribution in [2.24, 2.45) is 5.92 Å². The Morgan fingerprint density at radius 1 is 0.946 bits per heavy atom. The molecule has 2 atom stereocenters. The van der Waals surface area contributed by atoms with Gasteiger partial charge < -0.3 is 19.5 Å². The van der Waals surface area contributed by atoms with E-state index in [-0.39, 0.29) is 30.1 Å². The number of hydrogen-bond donors (Lipinski definition) is 1. The van der Waals surface area contributed by atoms with Crippen molar-refractivity contribution in [2.75, 3.05) is 21.2 Å². The molecular formula is C29H40N2O6. The SMILES string of the molecule is COC(=O)[C@H](Cc1ccc(O)c(C(C)(C)C)c1)N(C)C(=O)[C@H](C(C)C)N(C)C(=O)OCc1ccccc1. The van der Waals surface area contributed by atoms with Crippen LogP contribution in [0.2, 0.25) is 0 Å². The van der Waals surface area contributed by atoms with Crippen molar-refractivity contribution in [3.63, 3.8) is 0 Å². The number of hydrogen-bond acceptors (Lipinski definition) is 6. The summed E-state index contributed by atoms with van der Waals surface area (Å²) in [5.41, 5.74) is 2.04. The molecule has 0 bridgehead atoms. The summed E-state index contributed by atoms with van der Waals surface area (Å²) in [4.78, 5) is 41.9. The average Bonchev–Trinajstić information content (AvgIpc) is 2.85. The number of carbonyl (C=O) groups excluding carboxylic acids is 3. The van der Waals surface area contributed by atoms with Gasteiger partial charge in [-0.25, -0.2) is 9.59 Å². The molecule has 0 aliphatic carbocycles. The van der Waals surface area contributed by atoms with Crippen molar-refractivity contribution in [1.29, 1.82) is 0 Å². The molecule has 0 saturated heterocycles. The second-order valence-electron chi connectivity index (χ2n) is 10.6. The van der Waals surface area contributed by atoms with E-state index in [2.05, 4.69) is 0 Å². The number of amides is 2. The number of aromatic hydroxyl groups is 1. The van der Waals surface area contributed by atoms with Crippen LogP contribution in [0.15, 0.2) is 48.5 Å². The Balaban J connectivity index is 2.26. The number of esters is 1. The summed E-state index contributed by atoms with van der Waals surface area (Å²) in [6, 6.07) is 12.7. The van der Waals surface area contributed by atoms with E-state index in [1.54, 1.807) is 12.1 Å². The minimum Gasteiger partial charge on any atom is -0.508 e. The Kier molecular flexibility index (Phi) is 10.1. The van der Waals surface area contributed by atoms with Gasteiger partial charge in [0.15, 0.2) is 0 Å². The Morgan fingerprint density at radius 2 is 1.57 bits per heavy atom. The van der Waals surface area contributed by atoms with Crippen LogP contribution in [0, 0.1) is 5.92 Å². The van der Waals surface area contributed by atoms with Crippen molar-refractivity contribution in [2.45, 2.75) is 65.1 Å². The zero-order chi connectivity index (χ0) is 27.9. The van der Waals surface area contributed by atoms with Gasteiger partial charge in [-0.3, -0.25) is 9.69 Å². The van der Waals surface area contributed by atoms with Gasteiger partial charge in [-0.1, -0.05) is 77.1 Å². The van der Waals surface area contributed by atoms with Crippen molar-refractivity contribution >= 4 is 18.0 Å². The maximum Gasteiger partial charge on any atom is 0.410 e. The lowest BCUT2D eigenvalue weighted by molar-refractivity contribution is -0.153. The summed E-state index contributed by atoms with van der Waals surface area (Å²) in [5.74, 6) is -1.05. The molecule has 0 spiro atoms. The normalized spacial score (nSPS) is 13.0. The van der Waals surface area contributed by atoms with Crippen LogP contribution < -0.4 is 0 Å². The number of phenols is 1. The number of benzene rings is 2. The Hall–Kier alpha value is -3.55. The number of carbonyl (C=O) groups is 3. The first-order valence-corrected chi connectivity index (χ1v) is 12.4. The van der Waals surface area contributed by atoms with E-state index in [1.807, 2.05) is 71.0 Å². The molecule has 202 valence electrons. The fourth-order valence-electron chi connectivity index (χ4n) is 4.24. The number of methoxy groups -OCH3 is 1. The second kappa shape index (κ2) is 12.6. The van der Waals surface area contributed by atoms with Crippen LogP contribution >= 0.6 is 0 Å². The lowest BCUT2D eigenvalue weighted by Crippen LogP contribution is -2.55. The molecule has 0 fully saturated rings. The Labute approximate surface area is 220 Å². The van der Waals surface area contributed by atoms with Gasteiger partial charge in [-0.2, -0.15) is 0 Å². The number of nitrogens with zero attached hydrogens (tertiary/aromatic N) is 2. The molecule has 2 aromatic rings. The van der Waals surface area contributed by atoms with Gasteiger partial charge >= 0.3 is 12.1 Å². The van der Waals surface area contributed by atoms with Crippen LogP contribution in [0.1, 0.15) is 51.3 Å². The first-order valence-electron chi connectivity index (χ1n) is 12.4. The number of likely N-dealkylation sites (N-methyl/N-ethyl adjacent to an activating group) is 2. The van der Waals surface area contributed by atoms with Crippen LogP contribution in [-0.2, 0) is 37.5 Å². The Bertz CT molecular complexity index is 1080. The summed E-state index contributed by atoms with van der Waals surface area (Å²) in [6.45, 7) is 9.71. The highest BCUT2D eigenvalue weighted by Crippen LogP contribution is 2.32. The van der Waals surface area contributed by atoms with Gasteiger partial charge in [0.1, 0.15) is 24.4 Å². The van der Waals surface area contributed by atoms with Crippen molar-refractivity contribution in [3.05, 3.63) is 65.2 Å². The third kappa shape index (κ3) is 7.71. The molecule has 1 N–H and O–H groups in total. The maximum atomic E-state index is 13.7. The molecule has 0 aromatic heterocycles. The second-order valence-corrected chi connectivity index (χ2v) is 10.6. The predicted octanol–water partition coefficient (Wildman–Crippen LogP) is 4.53. The zero-order valence-corrected chi connectivity index (χ0v) is 23.1. The minimum atomic E-state index is -0.926. The van der Waals surface area contributed by atoms with Gasteiger partial charge in [-0.15, -0.1) is 0 Å². The summed E-state index contributed by atoms with van der Waals surface area (Å²) in [6.07, 6.45) is -0.446. The van der Waals surface area contributed by atoms with E-state index in [4.69, 9.17) is 9.47 Å². The largest absolute Gasteiger partial charge is 0.508 e. The van der Waals surface area contributed by atoms with Gasteiger partial charge in [0.2, 0.25) is 5.91 Å². The molecule has 0 aliphatic rings. The highest BCUT2D eigenvalue weighted by molar-refractivity contribution is 5.90. The molecule has 2 amide bonds. The van der Waals surface area contributed by atoms with Crippen molar-refractivity contribution in [1.82, 2.24) is 9.80 Å². The molecule has 0 saturated carbocycles. The predicted molar refractivity (Wildman–Crippen MR) is 142 cm³/mol. The quantitative estimate of drug-likeness (QED) is 0.496. The lowest BCUT2D eigenvalue weighted by atomic mass is 9.84. The molecule has 8 nitrogen and oxygen atoms in total. The van der Waals surface area contributed by atoms with E-state index in [9.17, 15) is 19.5 Å². The molecule has 0 radical (unpaired) electrons. The van der Waals surface area contributed by atoms with E-state index in [0.29, 0.717) is 0 Å². The maximum absolute atomic E-state index is 13.7. The monoisotopic (exact) mass is 512 g/mol. The molecule has 37 heavy (non-hydrogen) atoms. The smallest absolute Gasteiger partial charge is 0.410 e. The van der Waals surface area contributed by atoms with Crippen molar-refractivity contribution in [3.8, 4) is 5.75 Å². The van der Waals surface area contributed by atoms with E-state index >= 15 is 0 Å². The summed E-state index contributed by atoms with van der Waals surface area (Å²) in [5, 5.41) is 10.3. The van der Waals surface area contributed by atoms with E-state index in [0.717, 1.165) is 16.7 Å². The zero-order valence-electron chi connectivity index (χ0n) is 23.1. The highest BCUT2D eigenvalue weighted by atomic mass is 16.6. The average molecular weight is 513 g/mol. The summed E-state index contributed by atoms with van der Waals surface area (Å²) >= 11 is 0. The highest BCUT2D eigenvalue weighted by Gasteiger charge is 2.37. The number of rotatable bonds is 9. The van der Waals surface area contributed by atoms with Gasteiger partial charge in [0.05, 0.1) is 7.11 Å². The molecular weight excluding hydrogens is 472 g/mol. The fraction of sp³-hybridized carbons (Fsp3) is 0.483. The Morgan fingerprint density at radius 3 is 2.11 bits per heavy atom. The van der Waals surface area contributed by atoms with Gasteiger partial charge in [0, 0.05) is 20.5 Å². The molecule has 2 aromatic carbocycles. The molecule has 0 heterocycles. The summed E-state index contributed by atoms with van der Waals surface area (Å²) in [7, 11) is 4.33. The minimum absolute atomic E-state index is 0.0839. The molecule has 0 aliphatic heterocycles. The first-order chi connectivity index (χ1) is 17.3. The van der Waals surface area contributed by atoms with E-state index < -0.39 is 30.1 Å². The first kappa shape index (κ1) is 29.7. The standard InChI is InChI=1S/C29H40N2O6/c1-19(2)25(31(7)28(35)37-18-20-12-10-9-11-13-20)26(33)30(6)23(27(34)36-8)17-21-14-15-24(32)22(16-21)29(3,4)5/h9-16,19,23,25,32H,17-18H2,1-8H3/t23-,25-/m0/s1. The lowest BCUT2D eigenvalue weighted by Gasteiger charge is -2.35. The number of phenolic OH excluding ortho intramolecular Hbond substituents is 1. The van der Waals surface area contributed by atoms with Crippen LogP contribution in [0.4, 0.5) is 4.79 Å². The molecule has 8 heteroatoms. The third-order valence-corrected chi connectivity index (χ3v) is 6.38. The summed E-state index contributed by atoms with van der Waals surface area (Å²) < 4.78 is 10.5. The van der Waals surface area contributed by atoms with E-state index in [1.165, 1.54) is 31.0 Å². The van der Waals surface area contributed by atoms with Crippen LogP contribution in [0.25, 0.3) is 0 Å².